The van der Waals surface area contributed by atoms with Crippen LogP contribution in [0, 0.1) is 0 Å². The van der Waals surface area contributed by atoms with Gasteiger partial charge >= 0.3 is 0 Å². The van der Waals surface area contributed by atoms with Gasteiger partial charge in [0.15, 0.2) is 23.0 Å². The summed E-state index contributed by atoms with van der Waals surface area (Å²) < 4.78 is 26.7. The number of carbonyl (C=O) groups is 2. The van der Waals surface area contributed by atoms with E-state index in [4.69, 9.17) is 23.7 Å². The summed E-state index contributed by atoms with van der Waals surface area (Å²) in [6.07, 6.45) is 2.94. The van der Waals surface area contributed by atoms with E-state index in [-0.39, 0.29) is 12.5 Å². The van der Waals surface area contributed by atoms with Crippen molar-refractivity contribution in [1.29, 1.82) is 0 Å². The minimum Gasteiger partial charge on any atom is -0.493 e. The Morgan fingerprint density at radius 3 is 2.24 bits per heavy atom. The first-order valence-corrected chi connectivity index (χ1v) is 11.1. The van der Waals surface area contributed by atoms with Gasteiger partial charge in [0.2, 0.25) is 12.5 Å². The van der Waals surface area contributed by atoms with E-state index in [1.807, 2.05) is 0 Å². The number of hydrogen-bond acceptors (Lipinski definition) is 8. The molecule has 2 amide bonds. The Morgan fingerprint density at radius 2 is 1.57 bits per heavy atom. The first-order valence-electron chi connectivity index (χ1n) is 11.1. The highest BCUT2D eigenvalue weighted by Gasteiger charge is 2.17. The molecule has 37 heavy (non-hydrogen) atoms. The third kappa shape index (κ3) is 5.99. The Bertz CT molecular complexity index is 1330. The maximum absolute atomic E-state index is 13.1. The number of hydrazone groups is 1. The van der Waals surface area contributed by atoms with Crippen LogP contribution in [0.1, 0.15) is 21.5 Å². The SMILES string of the molecule is COc1cc(/C=N\NC(=O)/C(=C\c2ccc3c(c2)OCO3)NC(=O)c2ccccc2)cc(OC)c1OC. The van der Waals surface area contributed by atoms with Crippen molar-refractivity contribution in [2.24, 2.45) is 5.10 Å². The van der Waals surface area contributed by atoms with Crippen molar-refractivity contribution in [3.05, 3.63) is 83.1 Å². The third-order valence-corrected chi connectivity index (χ3v) is 5.30. The van der Waals surface area contributed by atoms with Gasteiger partial charge in [-0.15, -0.1) is 0 Å². The molecule has 1 heterocycles. The Kier molecular flexibility index (Phi) is 7.89. The van der Waals surface area contributed by atoms with Crippen molar-refractivity contribution in [1.82, 2.24) is 10.7 Å². The summed E-state index contributed by atoms with van der Waals surface area (Å²) in [5.74, 6) is 1.38. The van der Waals surface area contributed by atoms with Gasteiger partial charge in [-0.3, -0.25) is 9.59 Å². The van der Waals surface area contributed by atoms with Crippen molar-refractivity contribution < 1.29 is 33.3 Å². The summed E-state index contributed by atoms with van der Waals surface area (Å²) in [4.78, 5) is 25.8. The van der Waals surface area contributed by atoms with Gasteiger partial charge in [0.1, 0.15) is 5.70 Å². The molecule has 0 aromatic heterocycles. The highest BCUT2D eigenvalue weighted by atomic mass is 16.7. The Hall–Kier alpha value is -4.99. The minimum atomic E-state index is -0.634. The van der Waals surface area contributed by atoms with E-state index < -0.39 is 11.8 Å². The third-order valence-electron chi connectivity index (χ3n) is 5.30. The highest BCUT2D eigenvalue weighted by Crippen LogP contribution is 2.37. The van der Waals surface area contributed by atoms with Crippen molar-refractivity contribution in [3.63, 3.8) is 0 Å². The van der Waals surface area contributed by atoms with Gasteiger partial charge in [-0.05, 0) is 48.0 Å². The summed E-state index contributed by atoms with van der Waals surface area (Å²) in [5.41, 5.74) is 4.03. The number of amides is 2. The Morgan fingerprint density at radius 1 is 0.865 bits per heavy atom. The second kappa shape index (κ2) is 11.6. The Labute approximate surface area is 213 Å². The van der Waals surface area contributed by atoms with E-state index in [0.29, 0.717) is 45.4 Å². The van der Waals surface area contributed by atoms with Gasteiger partial charge < -0.3 is 29.0 Å². The molecule has 10 nitrogen and oxygen atoms in total. The number of carbonyl (C=O) groups excluding carboxylic acids is 2. The lowest BCUT2D eigenvalue weighted by Crippen LogP contribution is -2.32. The smallest absolute Gasteiger partial charge is 0.287 e. The maximum atomic E-state index is 13.1. The number of hydrogen-bond donors (Lipinski definition) is 2. The normalized spacial score (nSPS) is 12.2. The second-order valence-corrected chi connectivity index (χ2v) is 7.65. The van der Waals surface area contributed by atoms with Gasteiger partial charge in [0.05, 0.1) is 27.5 Å². The van der Waals surface area contributed by atoms with Gasteiger partial charge in [0, 0.05) is 11.1 Å². The van der Waals surface area contributed by atoms with E-state index in [9.17, 15) is 9.59 Å². The number of nitrogens with one attached hydrogen (secondary N) is 2. The lowest BCUT2D eigenvalue weighted by molar-refractivity contribution is -0.117. The Balaban J connectivity index is 1.57. The minimum absolute atomic E-state index is 0.0187. The van der Waals surface area contributed by atoms with Gasteiger partial charge in [-0.1, -0.05) is 24.3 Å². The van der Waals surface area contributed by atoms with Crippen LogP contribution in [-0.4, -0.2) is 46.2 Å². The first-order chi connectivity index (χ1) is 18.0. The predicted molar refractivity (Wildman–Crippen MR) is 136 cm³/mol. The summed E-state index contributed by atoms with van der Waals surface area (Å²) >= 11 is 0. The molecule has 0 bridgehead atoms. The fraction of sp³-hybridized carbons (Fsp3) is 0.148. The molecule has 1 aliphatic rings. The van der Waals surface area contributed by atoms with E-state index in [0.717, 1.165) is 0 Å². The summed E-state index contributed by atoms with van der Waals surface area (Å²) in [6.45, 7) is 0.121. The largest absolute Gasteiger partial charge is 0.493 e. The van der Waals surface area contributed by atoms with Crippen LogP contribution in [0.2, 0.25) is 0 Å². The predicted octanol–water partition coefficient (Wildman–Crippen LogP) is 3.36. The molecular weight excluding hydrogens is 478 g/mol. The van der Waals surface area contributed by atoms with E-state index >= 15 is 0 Å². The fourth-order valence-electron chi connectivity index (χ4n) is 3.51. The summed E-state index contributed by atoms with van der Waals surface area (Å²) in [7, 11) is 4.51. The van der Waals surface area contributed by atoms with Gasteiger partial charge in [-0.2, -0.15) is 5.10 Å². The topological polar surface area (TPSA) is 117 Å². The van der Waals surface area contributed by atoms with E-state index in [2.05, 4.69) is 15.8 Å². The molecule has 190 valence electrons. The van der Waals surface area contributed by atoms with Crippen LogP contribution < -0.4 is 34.4 Å². The molecule has 0 aliphatic carbocycles. The van der Waals surface area contributed by atoms with Crippen molar-refractivity contribution in [2.75, 3.05) is 28.1 Å². The molecule has 1 aliphatic heterocycles. The molecule has 0 spiro atoms. The molecule has 0 saturated heterocycles. The zero-order valence-electron chi connectivity index (χ0n) is 20.4. The van der Waals surface area contributed by atoms with Crippen molar-refractivity contribution in [3.8, 4) is 28.7 Å². The lowest BCUT2D eigenvalue weighted by Gasteiger charge is -2.12. The van der Waals surface area contributed by atoms with Crippen molar-refractivity contribution >= 4 is 24.1 Å². The first kappa shape index (κ1) is 25.1. The molecule has 10 heteroatoms. The molecule has 3 aromatic carbocycles. The number of rotatable bonds is 9. The van der Waals surface area contributed by atoms with Crippen LogP contribution in [0.4, 0.5) is 0 Å². The molecular formula is C27H25N3O7. The maximum Gasteiger partial charge on any atom is 0.287 e. The molecule has 0 unspecified atom stereocenters. The lowest BCUT2D eigenvalue weighted by atomic mass is 10.1. The zero-order chi connectivity index (χ0) is 26.2. The number of fused-ring (bicyclic) bond motifs is 1. The molecule has 0 saturated carbocycles. The number of methoxy groups -OCH3 is 3. The van der Waals surface area contributed by atoms with Crippen LogP contribution in [0.3, 0.4) is 0 Å². The van der Waals surface area contributed by atoms with Crippen LogP contribution in [0.25, 0.3) is 6.08 Å². The average molecular weight is 504 g/mol. The monoisotopic (exact) mass is 503 g/mol. The van der Waals surface area contributed by atoms with Crippen LogP contribution in [0.15, 0.2) is 71.5 Å². The molecule has 0 radical (unpaired) electrons. The average Bonchev–Trinajstić information content (AvgIpc) is 3.40. The summed E-state index contributed by atoms with van der Waals surface area (Å²) in [6, 6.07) is 17.1. The van der Waals surface area contributed by atoms with Crippen LogP contribution in [0.5, 0.6) is 28.7 Å². The second-order valence-electron chi connectivity index (χ2n) is 7.65. The fourth-order valence-corrected chi connectivity index (χ4v) is 3.51. The van der Waals surface area contributed by atoms with Crippen LogP contribution in [-0.2, 0) is 4.79 Å². The molecule has 4 rings (SSSR count). The van der Waals surface area contributed by atoms with Crippen molar-refractivity contribution in [2.45, 2.75) is 0 Å². The van der Waals surface area contributed by atoms with E-state index in [1.165, 1.54) is 33.6 Å². The zero-order valence-corrected chi connectivity index (χ0v) is 20.4. The van der Waals surface area contributed by atoms with Crippen LogP contribution >= 0.6 is 0 Å². The molecule has 0 atom stereocenters. The number of ether oxygens (including phenoxy) is 5. The standard InChI is InChI=1S/C27H25N3O7/c1-33-23-13-18(14-24(34-2)25(23)35-3)15-28-30-27(32)20(29-26(31)19-7-5-4-6-8-19)11-17-9-10-21-22(12-17)37-16-36-21/h4-15H,16H2,1-3H3,(H,29,31)(H,30,32)/b20-11+,28-15-. The van der Waals surface area contributed by atoms with E-state index in [1.54, 1.807) is 60.7 Å². The number of benzene rings is 3. The summed E-state index contributed by atoms with van der Waals surface area (Å²) in [5, 5.41) is 6.69. The number of nitrogens with zero attached hydrogens (tertiary/aromatic N) is 1. The molecule has 2 N–H and O–H groups in total. The van der Waals surface area contributed by atoms with Gasteiger partial charge in [0.25, 0.3) is 11.8 Å². The highest BCUT2D eigenvalue weighted by molar-refractivity contribution is 6.05. The molecule has 3 aromatic rings. The van der Waals surface area contributed by atoms with Gasteiger partial charge in [-0.25, -0.2) is 5.43 Å². The quantitative estimate of drug-likeness (QED) is 0.261. The molecule has 0 fully saturated rings.